The summed E-state index contributed by atoms with van der Waals surface area (Å²) in [5.41, 5.74) is 2.53. The predicted molar refractivity (Wildman–Crippen MR) is 88.2 cm³/mol. The van der Waals surface area contributed by atoms with Gasteiger partial charge in [0.25, 0.3) is 5.91 Å². The highest BCUT2D eigenvalue weighted by Gasteiger charge is 2.30. The smallest absolute Gasteiger partial charge is 0.266 e. The second-order valence-corrected chi connectivity index (χ2v) is 5.21. The highest BCUT2D eigenvalue weighted by Crippen LogP contribution is 2.29. The van der Waals surface area contributed by atoms with Crippen molar-refractivity contribution in [3.8, 4) is 0 Å². The van der Waals surface area contributed by atoms with Crippen LogP contribution in [0.3, 0.4) is 0 Å². The van der Waals surface area contributed by atoms with Crippen LogP contribution in [0.25, 0.3) is 10.9 Å². The maximum atomic E-state index is 12.6. The van der Waals surface area contributed by atoms with E-state index in [0.717, 1.165) is 23.7 Å². The third kappa shape index (κ3) is 4.00. The molecule has 0 spiro atoms. The van der Waals surface area contributed by atoms with Crippen molar-refractivity contribution in [2.24, 2.45) is 5.10 Å². The number of benzene rings is 2. The molecule has 0 radical (unpaired) electrons. The monoisotopic (exact) mass is 343 g/mol. The summed E-state index contributed by atoms with van der Waals surface area (Å²) in [7, 11) is 0. The van der Waals surface area contributed by atoms with Crippen LogP contribution in [0.15, 0.2) is 65.8 Å². The number of nitrogens with zero attached hydrogens (tertiary/aromatic N) is 2. The fraction of sp³-hybridized carbons (Fsp3) is 0.0556. The molecule has 3 aromatic rings. The summed E-state index contributed by atoms with van der Waals surface area (Å²) in [4.78, 5) is 16.2. The number of hydrogen-bond donors (Lipinski definition) is 1. The third-order valence-corrected chi connectivity index (χ3v) is 3.42. The van der Waals surface area contributed by atoms with Crippen LogP contribution >= 0.6 is 0 Å². The highest BCUT2D eigenvalue weighted by molar-refractivity contribution is 5.95. The van der Waals surface area contributed by atoms with Gasteiger partial charge in [-0.3, -0.25) is 4.79 Å². The van der Waals surface area contributed by atoms with Crippen LogP contribution < -0.4 is 5.43 Å². The zero-order valence-corrected chi connectivity index (χ0v) is 12.8. The molecule has 0 aliphatic carbocycles. The summed E-state index contributed by atoms with van der Waals surface area (Å²) in [5.74, 6) is -0.547. The van der Waals surface area contributed by atoms with Gasteiger partial charge in [0.15, 0.2) is 0 Å². The number of alkyl halides is 3. The standard InChI is InChI=1S/C18H12F3N3O/c19-18(20,21)14-6-3-4-12(10-14)11-22-24-17(25)16-9-8-13-5-1-2-7-15(13)23-16/h1-11H,(H,24,25)/b22-11+. The van der Waals surface area contributed by atoms with Gasteiger partial charge in [-0.2, -0.15) is 18.3 Å². The van der Waals surface area contributed by atoms with Gasteiger partial charge >= 0.3 is 6.18 Å². The molecule has 0 saturated heterocycles. The van der Waals surface area contributed by atoms with Crippen molar-refractivity contribution in [2.45, 2.75) is 6.18 Å². The molecule has 0 fully saturated rings. The summed E-state index contributed by atoms with van der Waals surface area (Å²) in [6.45, 7) is 0. The topological polar surface area (TPSA) is 54.4 Å². The molecular formula is C18H12F3N3O. The molecule has 1 heterocycles. The lowest BCUT2D eigenvalue weighted by atomic mass is 10.1. The van der Waals surface area contributed by atoms with Gasteiger partial charge in [0, 0.05) is 5.39 Å². The lowest BCUT2D eigenvalue weighted by Crippen LogP contribution is -2.19. The SMILES string of the molecule is O=C(N/N=C/c1cccc(C(F)(F)F)c1)c1ccc2ccccc2n1. The largest absolute Gasteiger partial charge is 0.416 e. The Bertz CT molecular complexity index is 951. The highest BCUT2D eigenvalue weighted by atomic mass is 19.4. The Hall–Kier alpha value is -3.22. The van der Waals surface area contributed by atoms with Gasteiger partial charge < -0.3 is 0 Å². The molecule has 0 atom stereocenters. The minimum Gasteiger partial charge on any atom is -0.266 e. The minimum atomic E-state index is -4.43. The maximum Gasteiger partial charge on any atom is 0.416 e. The quantitative estimate of drug-likeness (QED) is 0.577. The second kappa shape index (κ2) is 6.72. The van der Waals surface area contributed by atoms with Crippen molar-refractivity contribution in [1.82, 2.24) is 10.4 Å². The first-order valence-corrected chi connectivity index (χ1v) is 7.30. The summed E-state index contributed by atoms with van der Waals surface area (Å²) >= 11 is 0. The Kier molecular flexibility index (Phi) is 4.47. The van der Waals surface area contributed by atoms with Gasteiger partial charge in [-0.15, -0.1) is 0 Å². The lowest BCUT2D eigenvalue weighted by molar-refractivity contribution is -0.137. The number of fused-ring (bicyclic) bond motifs is 1. The van der Waals surface area contributed by atoms with Crippen LogP contribution in [-0.2, 0) is 6.18 Å². The van der Waals surface area contributed by atoms with Crippen LogP contribution in [-0.4, -0.2) is 17.1 Å². The Morgan fingerprint density at radius 2 is 1.84 bits per heavy atom. The predicted octanol–water partition coefficient (Wildman–Crippen LogP) is 4.02. The number of hydrogen-bond acceptors (Lipinski definition) is 3. The first-order valence-electron chi connectivity index (χ1n) is 7.30. The van der Waals surface area contributed by atoms with Crippen LogP contribution in [0.5, 0.6) is 0 Å². The zero-order chi connectivity index (χ0) is 17.9. The van der Waals surface area contributed by atoms with E-state index in [1.807, 2.05) is 18.2 Å². The van der Waals surface area contributed by atoms with E-state index in [0.29, 0.717) is 5.52 Å². The number of carbonyl (C=O) groups excluding carboxylic acids is 1. The Labute approximate surface area is 141 Å². The van der Waals surface area contributed by atoms with E-state index in [4.69, 9.17) is 0 Å². The van der Waals surface area contributed by atoms with E-state index in [-0.39, 0.29) is 11.3 Å². The molecule has 0 unspecified atom stereocenters. The van der Waals surface area contributed by atoms with Gasteiger partial charge in [-0.05, 0) is 29.8 Å². The number of pyridine rings is 1. The second-order valence-electron chi connectivity index (χ2n) is 5.21. The van der Waals surface area contributed by atoms with Gasteiger partial charge in [0.05, 0.1) is 17.3 Å². The average Bonchev–Trinajstić information content (AvgIpc) is 2.61. The summed E-state index contributed by atoms with van der Waals surface area (Å²) < 4.78 is 37.9. The number of nitrogens with one attached hydrogen (secondary N) is 1. The van der Waals surface area contributed by atoms with Crippen molar-refractivity contribution in [1.29, 1.82) is 0 Å². The van der Waals surface area contributed by atoms with Crippen LogP contribution in [0.1, 0.15) is 21.6 Å². The molecule has 0 saturated carbocycles. The molecule has 1 N–H and O–H groups in total. The van der Waals surface area contributed by atoms with Gasteiger partial charge in [0.2, 0.25) is 0 Å². The van der Waals surface area contributed by atoms with E-state index < -0.39 is 17.6 Å². The van der Waals surface area contributed by atoms with E-state index in [2.05, 4.69) is 15.5 Å². The average molecular weight is 343 g/mol. The normalized spacial score (nSPS) is 11.8. The molecule has 2 aromatic carbocycles. The molecule has 3 rings (SSSR count). The fourth-order valence-electron chi connectivity index (χ4n) is 2.21. The number of carbonyl (C=O) groups is 1. The van der Waals surface area contributed by atoms with Crippen molar-refractivity contribution in [3.05, 3.63) is 77.5 Å². The van der Waals surface area contributed by atoms with Gasteiger partial charge in [-0.1, -0.05) is 36.4 Å². The van der Waals surface area contributed by atoms with E-state index in [1.165, 1.54) is 12.1 Å². The van der Waals surface area contributed by atoms with Crippen LogP contribution in [0.2, 0.25) is 0 Å². The third-order valence-electron chi connectivity index (χ3n) is 3.42. The molecule has 1 aromatic heterocycles. The molecular weight excluding hydrogens is 331 g/mol. The van der Waals surface area contributed by atoms with Crippen LogP contribution in [0.4, 0.5) is 13.2 Å². The summed E-state index contributed by atoms with van der Waals surface area (Å²) in [6, 6.07) is 15.3. The van der Waals surface area contributed by atoms with E-state index in [9.17, 15) is 18.0 Å². The number of hydrazone groups is 1. The molecule has 0 aliphatic heterocycles. The maximum absolute atomic E-state index is 12.6. The minimum absolute atomic E-state index is 0.167. The zero-order valence-electron chi connectivity index (χ0n) is 12.8. The molecule has 7 heteroatoms. The first-order chi connectivity index (χ1) is 11.9. The Morgan fingerprint density at radius 1 is 1.04 bits per heavy atom. The van der Waals surface area contributed by atoms with Crippen molar-refractivity contribution < 1.29 is 18.0 Å². The molecule has 0 aliphatic rings. The molecule has 126 valence electrons. The number of amides is 1. The Balaban J connectivity index is 1.72. The molecule has 4 nitrogen and oxygen atoms in total. The van der Waals surface area contributed by atoms with Crippen LogP contribution in [0, 0.1) is 0 Å². The number of halogens is 3. The van der Waals surface area contributed by atoms with Gasteiger partial charge in [0.1, 0.15) is 5.69 Å². The molecule has 0 bridgehead atoms. The number of para-hydroxylation sites is 1. The van der Waals surface area contributed by atoms with Crippen molar-refractivity contribution in [2.75, 3.05) is 0 Å². The fourth-order valence-corrected chi connectivity index (χ4v) is 2.21. The van der Waals surface area contributed by atoms with Crippen molar-refractivity contribution in [3.63, 3.8) is 0 Å². The van der Waals surface area contributed by atoms with E-state index >= 15 is 0 Å². The van der Waals surface area contributed by atoms with Gasteiger partial charge in [-0.25, -0.2) is 10.4 Å². The summed E-state index contributed by atoms with van der Waals surface area (Å²) in [6.07, 6.45) is -3.28. The number of aromatic nitrogens is 1. The number of rotatable bonds is 3. The summed E-state index contributed by atoms with van der Waals surface area (Å²) in [5, 5.41) is 4.58. The lowest BCUT2D eigenvalue weighted by Gasteiger charge is -2.06. The molecule has 25 heavy (non-hydrogen) atoms. The first kappa shape index (κ1) is 16.6. The Morgan fingerprint density at radius 3 is 2.64 bits per heavy atom. The van der Waals surface area contributed by atoms with Crippen molar-refractivity contribution >= 4 is 23.0 Å². The van der Waals surface area contributed by atoms with E-state index in [1.54, 1.807) is 18.2 Å². The molecule has 1 amide bonds.